The molecule has 0 bridgehead atoms. The van der Waals surface area contributed by atoms with Gasteiger partial charge in [0.15, 0.2) is 0 Å². The van der Waals surface area contributed by atoms with Crippen LogP contribution in [0.3, 0.4) is 0 Å². The zero-order valence-electron chi connectivity index (χ0n) is 11.1. The fraction of sp³-hybridized carbons (Fsp3) is 0.692. The maximum atomic E-state index is 11.7. The molecule has 0 radical (unpaired) electrons. The number of carboxylic acid groups (broad SMARTS) is 1. The number of nitrogens with one attached hydrogen (secondary N) is 1. The molecule has 0 aromatic rings. The third kappa shape index (κ3) is 5.18. The summed E-state index contributed by atoms with van der Waals surface area (Å²) in [6.45, 7) is 2.89. The molecule has 0 atom stereocenters. The van der Waals surface area contributed by atoms with Crippen molar-refractivity contribution in [2.24, 2.45) is 0 Å². The fourth-order valence-corrected chi connectivity index (χ4v) is 1.89. The van der Waals surface area contributed by atoms with E-state index in [0.29, 0.717) is 19.6 Å². The van der Waals surface area contributed by atoms with Crippen molar-refractivity contribution in [2.45, 2.75) is 31.8 Å². The highest BCUT2D eigenvalue weighted by atomic mass is 16.5. The van der Waals surface area contributed by atoms with E-state index in [2.05, 4.69) is 11.2 Å². The van der Waals surface area contributed by atoms with Crippen LogP contribution in [0, 0.1) is 12.3 Å². The number of carbonyl (C=O) groups excluding carboxylic acids is 1. The van der Waals surface area contributed by atoms with Gasteiger partial charge < -0.3 is 20.1 Å². The van der Waals surface area contributed by atoms with Crippen molar-refractivity contribution in [1.82, 2.24) is 10.2 Å². The number of ether oxygens (including phenoxy) is 1. The lowest BCUT2D eigenvalue weighted by atomic mass is 9.97. The molecule has 2 amide bonds. The van der Waals surface area contributed by atoms with E-state index in [1.165, 1.54) is 0 Å². The molecule has 1 aliphatic rings. The van der Waals surface area contributed by atoms with E-state index in [4.69, 9.17) is 16.3 Å². The number of aliphatic carboxylic acids is 1. The first-order chi connectivity index (χ1) is 8.97. The first-order valence-electron chi connectivity index (χ1n) is 6.29. The molecule has 2 N–H and O–H groups in total. The van der Waals surface area contributed by atoms with Gasteiger partial charge in [-0.1, -0.05) is 0 Å². The third-order valence-electron chi connectivity index (χ3n) is 2.91. The number of hydrogen-bond donors (Lipinski definition) is 2. The Morgan fingerprint density at radius 3 is 2.74 bits per heavy atom. The Kier molecular flexibility index (Phi) is 5.64. The van der Waals surface area contributed by atoms with Gasteiger partial charge in [0.2, 0.25) is 0 Å². The van der Waals surface area contributed by atoms with Gasteiger partial charge in [-0.05, 0) is 19.8 Å². The predicted molar refractivity (Wildman–Crippen MR) is 69.6 cm³/mol. The molecule has 0 saturated carbocycles. The largest absolute Gasteiger partial charge is 0.480 e. The van der Waals surface area contributed by atoms with Crippen molar-refractivity contribution in [3.05, 3.63) is 0 Å². The number of rotatable bonds is 7. The first kappa shape index (κ1) is 15.3. The van der Waals surface area contributed by atoms with E-state index in [1.54, 1.807) is 11.8 Å². The van der Waals surface area contributed by atoms with Gasteiger partial charge in [-0.3, -0.25) is 0 Å². The molecule has 0 spiro atoms. The van der Waals surface area contributed by atoms with E-state index >= 15 is 0 Å². The minimum Gasteiger partial charge on any atom is -0.480 e. The Morgan fingerprint density at radius 2 is 2.16 bits per heavy atom. The Labute approximate surface area is 113 Å². The van der Waals surface area contributed by atoms with Gasteiger partial charge in [-0.25, -0.2) is 9.59 Å². The summed E-state index contributed by atoms with van der Waals surface area (Å²) in [5.74, 6) is 1.55. The van der Waals surface area contributed by atoms with E-state index in [-0.39, 0.29) is 12.6 Å². The molecule has 1 fully saturated rings. The van der Waals surface area contributed by atoms with Crippen LogP contribution >= 0.6 is 0 Å². The van der Waals surface area contributed by atoms with Crippen molar-refractivity contribution < 1.29 is 19.4 Å². The van der Waals surface area contributed by atoms with Gasteiger partial charge >= 0.3 is 12.0 Å². The van der Waals surface area contributed by atoms with Gasteiger partial charge in [0.1, 0.15) is 12.2 Å². The lowest BCUT2D eigenvalue weighted by molar-refractivity contribution is -0.159. The van der Waals surface area contributed by atoms with E-state index < -0.39 is 11.6 Å². The topological polar surface area (TPSA) is 78.9 Å². The highest BCUT2D eigenvalue weighted by Gasteiger charge is 2.42. The predicted octanol–water partition coefficient (Wildman–Crippen LogP) is 0.675. The standard InChI is InChI=1S/C13H20N2O4/c1-3-4-5-6-7-14-12(18)15-9-13(2,10-15)19-8-11(16)17/h1H,4-10H2,2H3,(H,14,18)(H,16,17). The summed E-state index contributed by atoms with van der Waals surface area (Å²) in [6.07, 6.45) is 7.61. The molecule has 0 aromatic heterocycles. The van der Waals surface area contributed by atoms with E-state index in [9.17, 15) is 9.59 Å². The van der Waals surface area contributed by atoms with Gasteiger partial charge in [-0.2, -0.15) is 0 Å². The molecule has 1 saturated heterocycles. The number of terminal acetylenes is 1. The number of hydrogen-bond acceptors (Lipinski definition) is 3. The van der Waals surface area contributed by atoms with Crippen LogP contribution in [0.5, 0.6) is 0 Å². The zero-order chi connectivity index (χ0) is 14.3. The quantitative estimate of drug-likeness (QED) is 0.525. The number of likely N-dealkylation sites (tertiary alicyclic amines) is 1. The lowest BCUT2D eigenvalue weighted by Crippen LogP contribution is -2.65. The number of urea groups is 1. The number of nitrogens with zero attached hydrogens (tertiary/aromatic N) is 1. The normalized spacial score (nSPS) is 16.3. The maximum absolute atomic E-state index is 11.7. The molecular formula is C13H20N2O4. The van der Waals surface area contributed by atoms with E-state index in [1.807, 2.05) is 0 Å². The Bertz CT molecular complexity index is 369. The molecular weight excluding hydrogens is 248 g/mol. The summed E-state index contributed by atoms with van der Waals surface area (Å²) < 4.78 is 5.22. The Morgan fingerprint density at radius 1 is 1.47 bits per heavy atom. The molecule has 0 aromatic carbocycles. The molecule has 1 heterocycles. The van der Waals surface area contributed by atoms with Crippen molar-refractivity contribution in [3.63, 3.8) is 0 Å². The van der Waals surface area contributed by atoms with Gasteiger partial charge in [-0.15, -0.1) is 12.3 Å². The van der Waals surface area contributed by atoms with Crippen LogP contribution in [0.15, 0.2) is 0 Å². The van der Waals surface area contributed by atoms with Gasteiger partial charge in [0.25, 0.3) is 0 Å². The number of carbonyl (C=O) groups is 2. The van der Waals surface area contributed by atoms with Crippen molar-refractivity contribution in [1.29, 1.82) is 0 Å². The van der Waals surface area contributed by atoms with Gasteiger partial charge in [0, 0.05) is 13.0 Å². The average Bonchev–Trinajstić information content (AvgIpc) is 2.32. The van der Waals surface area contributed by atoms with Crippen LogP contribution in [-0.2, 0) is 9.53 Å². The third-order valence-corrected chi connectivity index (χ3v) is 2.91. The van der Waals surface area contributed by atoms with Crippen molar-refractivity contribution in [3.8, 4) is 12.3 Å². The highest BCUT2D eigenvalue weighted by molar-refractivity contribution is 5.75. The number of unbranched alkanes of at least 4 members (excludes halogenated alkanes) is 2. The van der Waals surface area contributed by atoms with Crippen LogP contribution in [0.2, 0.25) is 0 Å². The molecule has 1 rings (SSSR count). The lowest BCUT2D eigenvalue weighted by Gasteiger charge is -2.46. The SMILES string of the molecule is C#CCCCCNC(=O)N1CC(C)(OCC(=O)O)C1. The zero-order valence-corrected chi connectivity index (χ0v) is 11.1. The molecule has 0 unspecified atom stereocenters. The first-order valence-corrected chi connectivity index (χ1v) is 6.29. The van der Waals surface area contributed by atoms with Crippen molar-refractivity contribution >= 4 is 12.0 Å². The fourth-order valence-electron chi connectivity index (χ4n) is 1.89. The van der Waals surface area contributed by atoms with Crippen molar-refractivity contribution in [2.75, 3.05) is 26.2 Å². The highest BCUT2D eigenvalue weighted by Crippen LogP contribution is 2.24. The number of carboxylic acids is 1. The van der Waals surface area contributed by atoms with Crippen LogP contribution in [-0.4, -0.2) is 53.8 Å². The Hall–Kier alpha value is -1.74. The van der Waals surface area contributed by atoms with E-state index in [0.717, 1.165) is 19.3 Å². The molecule has 19 heavy (non-hydrogen) atoms. The molecule has 1 aliphatic heterocycles. The minimum absolute atomic E-state index is 0.142. The smallest absolute Gasteiger partial charge is 0.329 e. The van der Waals surface area contributed by atoms with Gasteiger partial charge in [0.05, 0.1) is 13.1 Å². The maximum Gasteiger partial charge on any atom is 0.329 e. The molecule has 0 aliphatic carbocycles. The second kappa shape index (κ2) is 7.00. The van der Waals surface area contributed by atoms with Crippen LogP contribution in [0.25, 0.3) is 0 Å². The van der Waals surface area contributed by atoms with Crippen LogP contribution in [0.4, 0.5) is 4.79 Å². The number of amides is 2. The minimum atomic E-state index is -1.00. The molecule has 6 nitrogen and oxygen atoms in total. The molecule has 6 heteroatoms. The summed E-state index contributed by atoms with van der Waals surface area (Å²) >= 11 is 0. The van der Waals surface area contributed by atoms with Crippen LogP contribution < -0.4 is 5.32 Å². The summed E-state index contributed by atoms with van der Waals surface area (Å²) in [6, 6.07) is -0.142. The monoisotopic (exact) mass is 268 g/mol. The second-order valence-electron chi connectivity index (χ2n) is 4.88. The summed E-state index contributed by atoms with van der Waals surface area (Å²) in [4.78, 5) is 23.7. The van der Waals surface area contributed by atoms with Crippen LogP contribution in [0.1, 0.15) is 26.2 Å². The Balaban J connectivity index is 2.13. The summed E-state index contributed by atoms with van der Waals surface area (Å²) in [5, 5.41) is 11.3. The average molecular weight is 268 g/mol. The second-order valence-corrected chi connectivity index (χ2v) is 4.88. The summed E-state index contributed by atoms with van der Waals surface area (Å²) in [5.41, 5.74) is -0.542. The molecule has 106 valence electrons. The summed E-state index contributed by atoms with van der Waals surface area (Å²) in [7, 11) is 0.